The molecule has 0 aliphatic heterocycles. The average molecular weight is 391 g/mol. The number of carbonyl (C=O) groups is 2. The summed E-state index contributed by atoms with van der Waals surface area (Å²) in [6.07, 6.45) is -0.617. The van der Waals surface area contributed by atoms with Crippen LogP contribution in [-0.4, -0.2) is 19.2 Å². The van der Waals surface area contributed by atoms with E-state index in [1.165, 1.54) is 0 Å². The van der Waals surface area contributed by atoms with Gasteiger partial charge in [0.2, 0.25) is 0 Å². The zero-order valence-corrected chi connectivity index (χ0v) is 16.1. The Bertz CT molecular complexity index is 989. The highest BCUT2D eigenvalue weighted by molar-refractivity contribution is 6.00. The van der Waals surface area contributed by atoms with E-state index in [-0.39, 0.29) is 0 Å². The van der Waals surface area contributed by atoms with Gasteiger partial charge in [-0.2, -0.15) is 0 Å². The fraction of sp³-hybridized carbons (Fsp3) is 0.0909. The molecule has 0 spiro atoms. The predicted octanol–water partition coefficient (Wildman–Crippen LogP) is 5.26. The van der Waals surface area contributed by atoms with E-state index >= 15 is 0 Å². The minimum Gasteiger partial charge on any atom is -0.497 e. The molecule has 7 nitrogen and oxygen atoms in total. The van der Waals surface area contributed by atoms with Crippen LogP contribution in [0.2, 0.25) is 0 Å². The predicted molar refractivity (Wildman–Crippen MR) is 113 cm³/mol. The van der Waals surface area contributed by atoms with E-state index in [1.54, 1.807) is 73.8 Å². The van der Waals surface area contributed by atoms with Crippen LogP contribution in [0.15, 0.2) is 72.8 Å². The first kappa shape index (κ1) is 19.8. The SMILES string of the molecule is COc1ccc(NC(=O)Nc2cc(NC(=O)Oc3ccccc3)ccc2C)cc1. The van der Waals surface area contributed by atoms with Crippen LogP contribution in [0.25, 0.3) is 0 Å². The van der Waals surface area contributed by atoms with E-state index < -0.39 is 12.1 Å². The third kappa shape index (κ3) is 5.74. The molecule has 0 bridgehead atoms. The molecule has 3 aromatic rings. The molecule has 0 aromatic heterocycles. The van der Waals surface area contributed by atoms with Gasteiger partial charge in [0.25, 0.3) is 0 Å². The number of anilines is 3. The van der Waals surface area contributed by atoms with Crippen molar-refractivity contribution >= 4 is 29.2 Å². The van der Waals surface area contributed by atoms with Gasteiger partial charge in [0, 0.05) is 17.1 Å². The molecule has 7 heteroatoms. The van der Waals surface area contributed by atoms with Crippen LogP contribution in [-0.2, 0) is 0 Å². The van der Waals surface area contributed by atoms with Gasteiger partial charge in [-0.15, -0.1) is 0 Å². The zero-order valence-electron chi connectivity index (χ0n) is 16.1. The molecule has 0 heterocycles. The van der Waals surface area contributed by atoms with Crippen LogP contribution in [0.1, 0.15) is 5.56 Å². The maximum absolute atomic E-state index is 12.3. The largest absolute Gasteiger partial charge is 0.497 e. The van der Waals surface area contributed by atoms with Gasteiger partial charge < -0.3 is 20.1 Å². The summed E-state index contributed by atoms with van der Waals surface area (Å²) < 4.78 is 10.3. The fourth-order valence-corrected chi connectivity index (χ4v) is 2.53. The molecular formula is C22H21N3O4. The molecule has 3 aromatic carbocycles. The van der Waals surface area contributed by atoms with Gasteiger partial charge in [-0.3, -0.25) is 5.32 Å². The lowest BCUT2D eigenvalue weighted by molar-refractivity contribution is 0.215. The minimum absolute atomic E-state index is 0.401. The van der Waals surface area contributed by atoms with Crippen molar-refractivity contribution in [2.24, 2.45) is 0 Å². The lowest BCUT2D eigenvalue weighted by atomic mass is 10.2. The molecule has 0 atom stereocenters. The third-order valence-corrected chi connectivity index (χ3v) is 4.03. The van der Waals surface area contributed by atoms with E-state index in [0.717, 1.165) is 5.56 Å². The summed E-state index contributed by atoms with van der Waals surface area (Å²) in [4.78, 5) is 24.3. The number of amides is 3. The first-order valence-corrected chi connectivity index (χ1v) is 8.90. The molecule has 0 saturated carbocycles. The quantitative estimate of drug-likeness (QED) is 0.554. The van der Waals surface area contributed by atoms with Gasteiger partial charge in [-0.1, -0.05) is 24.3 Å². The standard InChI is InChI=1S/C22H21N3O4/c1-15-8-9-17(24-22(27)29-19-6-4-3-5-7-19)14-20(15)25-21(26)23-16-10-12-18(28-2)13-11-16/h3-14H,1-2H3,(H,24,27)(H2,23,25,26). The molecule has 0 fully saturated rings. The summed E-state index contributed by atoms with van der Waals surface area (Å²) in [6.45, 7) is 1.86. The molecule has 0 aliphatic carbocycles. The molecule has 3 rings (SSSR count). The normalized spacial score (nSPS) is 10.0. The number of aryl methyl sites for hydroxylation is 1. The van der Waals surface area contributed by atoms with Crippen LogP contribution in [0.3, 0.4) is 0 Å². The van der Waals surface area contributed by atoms with E-state index in [4.69, 9.17) is 9.47 Å². The minimum atomic E-state index is -0.617. The Morgan fingerprint density at radius 3 is 2.14 bits per heavy atom. The summed E-state index contributed by atoms with van der Waals surface area (Å²) in [6, 6.07) is 20.5. The Kier molecular flexibility index (Phi) is 6.32. The summed E-state index contributed by atoms with van der Waals surface area (Å²) in [5.41, 5.74) is 2.53. The van der Waals surface area contributed by atoms with Crippen LogP contribution >= 0.6 is 0 Å². The Morgan fingerprint density at radius 1 is 0.759 bits per heavy atom. The number of ether oxygens (including phenoxy) is 2. The average Bonchev–Trinajstić information content (AvgIpc) is 2.71. The number of nitrogens with one attached hydrogen (secondary N) is 3. The second kappa shape index (κ2) is 9.27. The van der Waals surface area contributed by atoms with Crippen LogP contribution in [0, 0.1) is 6.92 Å². The van der Waals surface area contributed by atoms with Crippen molar-refractivity contribution < 1.29 is 19.1 Å². The molecule has 148 valence electrons. The first-order valence-electron chi connectivity index (χ1n) is 8.90. The van der Waals surface area contributed by atoms with Crippen molar-refractivity contribution in [2.45, 2.75) is 6.92 Å². The van der Waals surface area contributed by atoms with Gasteiger partial charge in [-0.25, -0.2) is 9.59 Å². The maximum atomic E-state index is 12.3. The molecule has 0 aliphatic rings. The van der Waals surface area contributed by atoms with Gasteiger partial charge >= 0.3 is 12.1 Å². The van der Waals surface area contributed by atoms with E-state index in [2.05, 4.69) is 16.0 Å². The third-order valence-electron chi connectivity index (χ3n) is 4.03. The van der Waals surface area contributed by atoms with E-state index in [1.807, 2.05) is 13.0 Å². The summed E-state index contributed by atoms with van der Waals surface area (Å²) in [7, 11) is 1.58. The van der Waals surface area contributed by atoms with Crippen molar-refractivity contribution in [1.29, 1.82) is 0 Å². The molecule has 29 heavy (non-hydrogen) atoms. The smallest absolute Gasteiger partial charge is 0.417 e. The van der Waals surface area contributed by atoms with Crippen LogP contribution in [0.4, 0.5) is 26.7 Å². The lowest BCUT2D eigenvalue weighted by Gasteiger charge is -2.13. The number of rotatable bonds is 5. The summed E-state index contributed by atoms with van der Waals surface area (Å²) in [5, 5.41) is 8.17. The summed E-state index contributed by atoms with van der Waals surface area (Å²) in [5.74, 6) is 1.14. The number of hydrogen-bond donors (Lipinski definition) is 3. The van der Waals surface area contributed by atoms with Gasteiger partial charge in [0.1, 0.15) is 11.5 Å². The molecule has 3 amide bonds. The van der Waals surface area contributed by atoms with Gasteiger partial charge in [0.15, 0.2) is 0 Å². The van der Waals surface area contributed by atoms with E-state index in [0.29, 0.717) is 28.6 Å². The Balaban J connectivity index is 1.62. The second-order valence-corrected chi connectivity index (χ2v) is 6.16. The highest BCUT2D eigenvalue weighted by Crippen LogP contribution is 2.22. The van der Waals surface area contributed by atoms with Crippen molar-refractivity contribution in [3.63, 3.8) is 0 Å². The maximum Gasteiger partial charge on any atom is 0.417 e. The van der Waals surface area contributed by atoms with Gasteiger partial charge in [-0.05, 0) is 61.0 Å². The fourth-order valence-electron chi connectivity index (χ4n) is 2.53. The topological polar surface area (TPSA) is 88.7 Å². The number of hydrogen-bond acceptors (Lipinski definition) is 4. The van der Waals surface area contributed by atoms with E-state index in [9.17, 15) is 9.59 Å². The highest BCUT2D eigenvalue weighted by atomic mass is 16.6. The Morgan fingerprint density at radius 2 is 1.45 bits per heavy atom. The monoisotopic (exact) mass is 391 g/mol. The van der Waals surface area contributed by atoms with Crippen molar-refractivity contribution in [2.75, 3.05) is 23.1 Å². The summed E-state index contributed by atoms with van der Waals surface area (Å²) >= 11 is 0. The molecule has 0 radical (unpaired) electrons. The molecule has 3 N–H and O–H groups in total. The van der Waals surface area contributed by atoms with Crippen molar-refractivity contribution in [1.82, 2.24) is 0 Å². The van der Waals surface area contributed by atoms with Crippen LogP contribution in [0.5, 0.6) is 11.5 Å². The highest BCUT2D eigenvalue weighted by Gasteiger charge is 2.09. The lowest BCUT2D eigenvalue weighted by Crippen LogP contribution is -2.20. The van der Waals surface area contributed by atoms with Crippen molar-refractivity contribution in [3.05, 3.63) is 78.4 Å². The van der Waals surface area contributed by atoms with Gasteiger partial charge in [0.05, 0.1) is 7.11 Å². The first-order chi connectivity index (χ1) is 14.0. The number of benzene rings is 3. The number of para-hydroxylation sites is 1. The molecule has 0 saturated heterocycles. The Labute approximate surface area is 168 Å². The van der Waals surface area contributed by atoms with Crippen LogP contribution < -0.4 is 25.4 Å². The zero-order chi connectivity index (χ0) is 20.6. The number of carbonyl (C=O) groups excluding carboxylic acids is 2. The number of urea groups is 1. The van der Waals surface area contributed by atoms with Crippen molar-refractivity contribution in [3.8, 4) is 11.5 Å². The molecular weight excluding hydrogens is 370 g/mol. The molecule has 0 unspecified atom stereocenters. The number of methoxy groups -OCH3 is 1. The Hall–Kier alpha value is -4.00. The second-order valence-electron chi connectivity index (χ2n) is 6.16.